The van der Waals surface area contributed by atoms with E-state index in [1.165, 1.54) is 11.1 Å². The summed E-state index contributed by atoms with van der Waals surface area (Å²) in [6, 6.07) is 12.1. The largest absolute Gasteiger partial charge is 0.309 e. The summed E-state index contributed by atoms with van der Waals surface area (Å²) in [4.78, 5) is 0. The second kappa shape index (κ2) is 6.27. The monoisotopic (exact) mass is 357 g/mol. The van der Waals surface area contributed by atoms with E-state index < -0.39 is 0 Å². The molecule has 0 aliphatic carbocycles. The predicted molar refractivity (Wildman–Crippen MR) is 86.2 cm³/mol. The van der Waals surface area contributed by atoms with Crippen LogP contribution in [0.3, 0.4) is 0 Å². The number of aryl methyl sites for hydroxylation is 1. The Morgan fingerprint density at radius 1 is 1.05 bits per heavy atom. The molecule has 1 nitrogen and oxygen atoms in total. The van der Waals surface area contributed by atoms with Crippen LogP contribution in [0.4, 0.5) is 0 Å². The summed E-state index contributed by atoms with van der Waals surface area (Å²) in [5.41, 5.74) is 3.49. The molecule has 19 heavy (non-hydrogen) atoms. The normalized spacial score (nSPS) is 12.5. The fourth-order valence-electron chi connectivity index (χ4n) is 2.08. The minimum atomic E-state index is 0.0732. The number of benzene rings is 2. The van der Waals surface area contributed by atoms with Gasteiger partial charge >= 0.3 is 0 Å². The number of hydrogen-bond acceptors (Lipinski definition) is 1. The van der Waals surface area contributed by atoms with Crippen molar-refractivity contribution >= 4 is 39.1 Å². The molecule has 0 saturated heterocycles. The smallest absolute Gasteiger partial charge is 0.0595 e. The zero-order valence-electron chi connectivity index (χ0n) is 10.7. The van der Waals surface area contributed by atoms with E-state index in [4.69, 9.17) is 23.2 Å². The summed E-state index contributed by atoms with van der Waals surface area (Å²) in [6.45, 7) is 2.08. The van der Waals surface area contributed by atoms with Crippen LogP contribution in [0.1, 0.15) is 22.7 Å². The molecule has 0 aliphatic heterocycles. The predicted octanol–water partition coefficient (Wildman–Crippen LogP) is 5.37. The first-order chi connectivity index (χ1) is 9.02. The molecule has 0 aromatic heterocycles. The lowest BCUT2D eigenvalue weighted by Crippen LogP contribution is -2.18. The summed E-state index contributed by atoms with van der Waals surface area (Å²) < 4.78 is 1.07. The highest BCUT2D eigenvalue weighted by Crippen LogP contribution is 2.32. The van der Waals surface area contributed by atoms with E-state index in [9.17, 15) is 0 Å². The Hall–Kier alpha value is -0.540. The first-order valence-electron chi connectivity index (χ1n) is 5.91. The van der Waals surface area contributed by atoms with Gasteiger partial charge in [0.1, 0.15) is 0 Å². The average molecular weight is 359 g/mol. The van der Waals surface area contributed by atoms with Gasteiger partial charge in [-0.25, -0.2) is 0 Å². The Bertz CT molecular complexity index is 599. The number of nitrogens with one attached hydrogen (secondary N) is 1. The molecule has 0 spiro atoms. The molecule has 0 radical (unpaired) electrons. The molecule has 0 bridgehead atoms. The third-order valence-corrected chi connectivity index (χ3v) is 4.49. The molecule has 100 valence electrons. The molecule has 0 heterocycles. The van der Waals surface area contributed by atoms with E-state index in [-0.39, 0.29) is 6.04 Å². The maximum atomic E-state index is 6.10. The molecule has 2 aromatic carbocycles. The molecular weight excluding hydrogens is 345 g/mol. The van der Waals surface area contributed by atoms with Gasteiger partial charge in [-0.15, -0.1) is 0 Å². The van der Waals surface area contributed by atoms with Crippen molar-refractivity contribution in [2.75, 3.05) is 7.05 Å². The standard InChI is InChI=1S/C15H14BrCl2N/c1-9-3-5-12(16)11(7-9)15(19-2)10-4-6-13(17)14(18)8-10/h3-8,15,19H,1-2H3. The van der Waals surface area contributed by atoms with Crippen molar-refractivity contribution in [3.8, 4) is 0 Å². The van der Waals surface area contributed by atoms with Crippen LogP contribution in [-0.2, 0) is 0 Å². The lowest BCUT2D eigenvalue weighted by molar-refractivity contribution is 0.688. The van der Waals surface area contributed by atoms with Crippen molar-refractivity contribution in [3.05, 3.63) is 67.6 Å². The van der Waals surface area contributed by atoms with Crippen LogP contribution < -0.4 is 5.32 Å². The zero-order valence-corrected chi connectivity index (χ0v) is 13.8. The second-order valence-corrected chi connectivity index (χ2v) is 6.09. The third-order valence-electron chi connectivity index (χ3n) is 3.03. The Morgan fingerprint density at radius 2 is 1.79 bits per heavy atom. The van der Waals surface area contributed by atoms with Gasteiger partial charge in [0.15, 0.2) is 0 Å². The van der Waals surface area contributed by atoms with Gasteiger partial charge in [-0.3, -0.25) is 0 Å². The number of halogens is 3. The van der Waals surface area contributed by atoms with Crippen LogP contribution in [0.15, 0.2) is 40.9 Å². The zero-order chi connectivity index (χ0) is 14.0. The summed E-state index contributed by atoms with van der Waals surface area (Å²) in [5, 5.41) is 4.46. The average Bonchev–Trinajstić information content (AvgIpc) is 2.38. The highest BCUT2D eigenvalue weighted by molar-refractivity contribution is 9.10. The lowest BCUT2D eigenvalue weighted by Gasteiger charge is -2.20. The van der Waals surface area contributed by atoms with E-state index in [0.717, 1.165) is 10.0 Å². The maximum absolute atomic E-state index is 6.10. The van der Waals surface area contributed by atoms with E-state index in [0.29, 0.717) is 10.0 Å². The fraction of sp³-hybridized carbons (Fsp3) is 0.200. The Kier molecular flexibility index (Phi) is 4.91. The SMILES string of the molecule is CNC(c1ccc(Cl)c(Cl)c1)c1cc(C)ccc1Br. The van der Waals surface area contributed by atoms with Gasteiger partial charge in [0.2, 0.25) is 0 Å². The van der Waals surface area contributed by atoms with Crippen molar-refractivity contribution in [1.29, 1.82) is 0 Å². The van der Waals surface area contributed by atoms with Gasteiger partial charge in [-0.2, -0.15) is 0 Å². The minimum absolute atomic E-state index is 0.0732. The van der Waals surface area contributed by atoms with Crippen LogP contribution in [0.5, 0.6) is 0 Å². The Morgan fingerprint density at radius 3 is 2.42 bits per heavy atom. The van der Waals surface area contributed by atoms with Crippen LogP contribution in [0, 0.1) is 6.92 Å². The lowest BCUT2D eigenvalue weighted by atomic mass is 9.97. The van der Waals surface area contributed by atoms with Crippen molar-refractivity contribution in [2.45, 2.75) is 13.0 Å². The van der Waals surface area contributed by atoms with Gasteiger partial charge in [0.05, 0.1) is 16.1 Å². The Balaban J connectivity index is 2.49. The minimum Gasteiger partial charge on any atom is -0.309 e. The second-order valence-electron chi connectivity index (χ2n) is 4.42. The molecule has 0 aliphatic rings. The molecular formula is C15H14BrCl2N. The maximum Gasteiger partial charge on any atom is 0.0595 e. The molecule has 4 heteroatoms. The highest BCUT2D eigenvalue weighted by Gasteiger charge is 2.16. The molecule has 1 unspecified atom stereocenters. The van der Waals surface area contributed by atoms with Gasteiger partial charge in [-0.1, -0.05) is 62.9 Å². The first-order valence-corrected chi connectivity index (χ1v) is 7.46. The molecule has 0 saturated carbocycles. The molecule has 2 aromatic rings. The van der Waals surface area contributed by atoms with Crippen molar-refractivity contribution in [3.63, 3.8) is 0 Å². The number of rotatable bonds is 3. The molecule has 0 fully saturated rings. The van der Waals surface area contributed by atoms with Crippen LogP contribution >= 0.6 is 39.1 Å². The van der Waals surface area contributed by atoms with Crippen molar-refractivity contribution < 1.29 is 0 Å². The van der Waals surface area contributed by atoms with E-state index in [1.807, 2.05) is 25.2 Å². The van der Waals surface area contributed by atoms with Gasteiger partial charge in [-0.05, 0) is 43.3 Å². The van der Waals surface area contributed by atoms with Crippen LogP contribution in [-0.4, -0.2) is 7.05 Å². The summed E-state index contributed by atoms with van der Waals surface area (Å²) in [7, 11) is 1.93. The van der Waals surface area contributed by atoms with Gasteiger partial charge in [0, 0.05) is 4.47 Å². The summed E-state index contributed by atoms with van der Waals surface area (Å²) in [6.07, 6.45) is 0. The van der Waals surface area contributed by atoms with Crippen LogP contribution in [0.25, 0.3) is 0 Å². The van der Waals surface area contributed by atoms with Gasteiger partial charge in [0.25, 0.3) is 0 Å². The fourth-order valence-corrected chi connectivity index (χ4v) is 2.86. The number of hydrogen-bond donors (Lipinski definition) is 1. The van der Waals surface area contributed by atoms with Gasteiger partial charge < -0.3 is 5.32 Å². The van der Waals surface area contributed by atoms with Crippen molar-refractivity contribution in [1.82, 2.24) is 5.32 Å². The van der Waals surface area contributed by atoms with E-state index in [1.54, 1.807) is 0 Å². The molecule has 1 atom stereocenters. The quantitative estimate of drug-likeness (QED) is 0.777. The molecule has 1 N–H and O–H groups in total. The molecule has 2 rings (SSSR count). The van der Waals surface area contributed by atoms with E-state index >= 15 is 0 Å². The van der Waals surface area contributed by atoms with Crippen LogP contribution in [0.2, 0.25) is 10.0 Å². The summed E-state index contributed by atoms with van der Waals surface area (Å²) in [5.74, 6) is 0. The third kappa shape index (κ3) is 3.32. The highest BCUT2D eigenvalue weighted by atomic mass is 79.9. The van der Waals surface area contributed by atoms with Crippen molar-refractivity contribution in [2.24, 2.45) is 0 Å². The Labute approximate surface area is 132 Å². The topological polar surface area (TPSA) is 12.0 Å². The summed E-state index contributed by atoms with van der Waals surface area (Å²) >= 11 is 15.7. The first kappa shape index (κ1) is 14.9. The van der Waals surface area contributed by atoms with E-state index in [2.05, 4.69) is 46.4 Å². The molecule has 0 amide bonds.